The summed E-state index contributed by atoms with van der Waals surface area (Å²) < 4.78 is 5.89. The van der Waals surface area contributed by atoms with Crippen LogP contribution in [0.2, 0.25) is 0 Å². The monoisotopic (exact) mass is 350 g/mol. The maximum atomic E-state index is 12.1. The van der Waals surface area contributed by atoms with Crippen molar-refractivity contribution in [3.63, 3.8) is 0 Å². The number of carbonyl (C=O) groups is 1. The van der Waals surface area contributed by atoms with Gasteiger partial charge in [0.2, 0.25) is 0 Å². The molecule has 2 rings (SSSR count). The predicted octanol–water partition coefficient (Wildman–Crippen LogP) is 2.93. The van der Waals surface area contributed by atoms with E-state index in [0.717, 1.165) is 11.0 Å². The van der Waals surface area contributed by atoms with Crippen molar-refractivity contribution in [1.29, 1.82) is 0 Å². The second-order valence-electron chi connectivity index (χ2n) is 4.12. The Bertz CT molecular complexity index is 631. The third-order valence-corrected chi connectivity index (χ3v) is 3.36. The van der Waals surface area contributed by atoms with Crippen LogP contribution in [0.4, 0.5) is 11.5 Å². The molecule has 1 aromatic heterocycles. The molecule has 0 atom stereocenters. The minimum absolute atomic E-state index is 0.242. The summed E-state index contributed by atoms with van der Waals surface area (Å²) >= 11 is 3.38. The van der Waals surface area contributed by atoms with Gasteiger partial charge in [-0.15, -0.1) is 0 Å². The van der Waals surface area contributed by atoms with E-state index in [1.54, 1.807) is 25.3 Å². The number of halogens is 1. The molecule has 0 aliphatic carbocycles. The van der Waals surface area contributed by atoms with Crippen molar-refractivity contribution in [2.45, 2.75) is 6.92 Å². The van der Waals surface area contributed by atoms with E-state index in [9.17, 15) is 4.79 Å². The fraction of sp³-hybridized carbons (Fsp3) is 0.214. The minimum Gasteiger partial charge on any atom is -0.497 e. The highest BCUT2D eigenvalue weighted by molar-refractivity contribution is 9.10. The molecule has 7 heteroatoms. The Kier molecular flexibility index (Phi) is 5.10. The molecule has 2 aromatic rings. The minimum atomic E-state index is -0.334. The molecule has 2 N–H and O–H groups in total. The smallest absolute Gasteiger partial charge is 0.275 e. The van der Waals surface area contributed by atoms with Gasteiger partial charge < -0.3 is 15.4 Å². The van der Waals surface area contributed by atoms with Crippen molar-refractivity contribution in [2.24, 2.45) is 0 Å². The van der Waals surface area contributed by atoms with Crippen molar-refractivity contribution in [1.82, 2.24) is 9.97 Å². The summed E-state index contributed by atoms with van der Waals surface area (Å²) in [6, 6.07) is 5.32. The Hall–Kier alpha value is -2.15. The van der Waals surface area contributed by atoms with Crippen molar-refractivity contribution < 1.29 is 9.53 Å². The number of nitrogens with one attached hydrogen (secondary N) is 2. The van der Waals surface area contributed by atoms with E-state index in [2.05, 4.69) is 36.5 Å². The molecule has 0 fully saturated rings. The Morgan fingerprint density at radius 1 is 1.33 bits per heavy atom. The first-order valence-electron chi connectivity index (χ1n) is 6.35. The van der Waals surface area contributed by atoms with Crippen LogP contribution < -0.4 is 15.4 Å². The van der Waals surface area contributed by atoms with E-state index >= 15 is 0 Å². The fourth-order valence-electron chi connectivity index (χ4n) is 1.63. The van der Waals surface area contributed by atoms with Gasteiger partial charge in [-0.1, -0.05) is 0 Å². The van der Waals surface area contributed by atoms with Gasteiger partial charge in [0.25, 0.3) is 5.91 Å². The highest BCUT2D eigenvalue weighted by Crippen LogP contribution is 2.27. The zero-order valence-electron chi connectivity index (χ0n) is 11.7. The molecular weight excluding hydrogens is 336 g/mol. The maximum Gasteiger partial charge on any atom is 0.275 e. The Balaban J connectivity index is 2.14. The molecule has 0 saturated carbocycles. The van der Waals surface area contributed by atoms with Crippen molar-refractivity contribution >= 4 is 33.3 Å². The van der Waals surface area contributed by atoms with Crippen LogP contribution in [0.25, 0.3) is 0 Å². The number of rotatable bonds is 5. The molecule has 1 amide bonds. The van der Waals surface area contributed by atoms with Gasteiger partial charge in [-0.05, 0) is 35.0 Å². The fourth-order valence-corrected chi connectivity index (χ4v) is 1.98. The molecule has 0 spiro atoms. The summed E-state index contributed by atoms with van der Waals surface area (Å²) in [5, 5.41) is 5.78. The van der Waals surface area contributed by atoms with Crippen LogP contribution in [0, 0.1) is 0 Å². The normalized spacial score (nSPS) is 10.0. The predicted molar refractivity (Wildman–Crippen MR) is 84.8 cm³/mol. The number of anilines is 2. The molecule has 21 heavy (non-hydrogen) atoms. The second kappa shape index (κ2) is 7.03. The number of ether oxygens (including phenoxy) is 1. The van der Waals surface area contributed by atoms with Gasteiger partial charge in [0.15, 0.2) is 0 Å². The first kappa shape index (κ1) is 15.2. The maximum absolute atomic E-state index is 12.1. The average molecular weight is 351 g/mol. The standard InChI is InChI=1S/C14H15BrN4O2/c1-3-16-13-8-17-12(7-18-13)14(20)19-11-6-9(21-2)4-5-10(11)15/h4-8H,3H2,1-2H3,(H,16,18)(H,19,20). The van der Waals surface area contributed by atoms with E-state index in [4.69, 9.17) is 4.74 Å². The summed E-state index contributed by atoms with van der Waals surface area (Å²) in [6.07, 6.45) is 2.96. The van der Waals surface area contributed by atoms with Crippen molar-refractivity contribution in [3.8, 4) is 5.75 Å². The van der Waals surface area contributed by atoms with Crippen LogP contribution in [0.1, 0.15) is 17.4 Å². The molecular formula is C14H15BrN4O2. The summed E-state index contributed by atoms with van der Waals surface area (Å²) in [5.41, 5.74) is 0.850. The Labute approximate surface area is 131 Å². The third-order valence-electron chi connectivity index (χ3n) is 2.66. The SMILES string of the molecule is CCNc1cnc(C(=O)Nc2cc(OC)ccc2Br)cn1. The zero-order valence-corrected chi connectivity index (χ0v) is 13.3. The topological polar surface area (TPSA) is 76.1 Å². The number of nitrogens with zero attached hydrogens (tertiary/aromatic N) is 2. The molecule has 0 aliphatic rings. The van der Waals surface area contributed by atoms with Crippen molar-refractivity contribution in [2.75, 3.05) is 24.3 Å². The third kappa shape index (κ3) is 3.91. The van der Waals surface area contributed by atoms with E-state index in [-0.39, 0.29) is 11.6 Å². The van der Waals surface area contributed by atoms with E-state index in [1.165, 1.54) is 12.4 Å². The zero-order chi connectivity index (χ0) is 15.2. The first-order chi connectivity index (χ1) is 10.1. The van der Waals surface area contributed by atoms with Gasteiger partial charge in [-0.3, -0.25) is 4.79 Å². The van der Waals surface area contributed by atoms with Crippen LogP contribution in [0.15, 0.2) is 35.1 Å². The van der Waals surface area contributed by atoms with Gasteiger partial charge in [-0.2, -0.15) is 0 Å². The molecule has 0 saturated heterocycles. The van der Waals surface area contributed by atoms with Gasteiger partial charge >= 0.3 is 0 Å². The van der Waals surface area contributed by atoms with Gasteiger partial charge in [-0.25, -0.2) is 9.97 Å². The highest BCUT2D eigenvalue weighted by Gasteiger charge is 2.11. The molecule has 0 bridgehead atoms. The first-order valence-corrected chi connectivity index (χ1v) is 7.14. The number of hydrogen-bond donors (Lipinski definition) is 2. The van der Waals surface area contributed by atoms with Crippen LogP contribution >= 0.6 is 15.9 Å². The van der Waals surface area contributed by atoms with Crippen LogP contribution in [0.5, 0.6) is 5.75 Å². The number of benzene rings is 1. The average Bonchev–Trinajstić information content (AvgIpc) is 2.50. The molecule has 6 nitrogen and oxygen atoms in total. The van der Waals surface area contributed by atoms with Gasteiger partial charge in [0.1, 0.15) is 17.3 Å². The Morgan fingerprint density at radius 3 is 2.76 bits per heavy atom. The number of amides is 1. The summed E-state index contributed by atoms with van der Waals surface area (Å²) in [4.78, 5) is 20.3. The molecule has 110 valence electrons. The van der Waals surface area contributed by atoms with Gasteiger partial charge in [0.05, 0.1) is 25.2 Å². The highest BCUT2D eigenvalue weighted by atomic mass is 79.9. The number of methoxy groups -OCH3 is 1. The second-order valence-corrected chi connectivity index (χ2v) is 4.97. The lowest BCUT2D eigenvalue weighted by Crippen LogP contribution is -2.15. The molecule has 0 aliphatic heterocycles. The largest absolute Gasteiger partial charge is 0.497 e. The van der Waals surface area contributed by atoms with E-state index in [0.29, 0.717) is 17.3 Å². The molecule has 1 heterocycles. The number of carbonyl (C=O) groups excluding carboxylic acids is 1. The Morgan fingerprint density at radius 2 is 2.14 bits per heavy atom. The van der Waals surface area contributed by atoms with Crippen molar-refractivity contribution in [3.05, 3.63) is 40.8 Å². The molecule has 0 radical (unpaired) electrons. The van der Waals surface area contributed by atoms with Crippen LogP contribution in [0.3, 0.4) is 0 Å². The number of hydrogen-bond acceptors (Lipinski definition) is 5. The lowest BCUT2D eigenvalue weighted by Gasteiger charge is -2.09. The molecule has 0 unspecified atom stereocenters. The lowest BCUT2D eigenvalue weighted by atomic mass is 10.3. The lowest BCUT2D eigenvalue weighted by molar-refractivity contribution is 0.102. The summed E-state index contributed by atoms with van der Waals surface area (Å²) in [5.74, 6) is 0.957. The summed E-state index contributed by atoms with van der Waals surface area (Å²) in [7, 11) is 1.57. The number of aromatic nitrogens is 2. The van der Waals surface area contributed by atoms with Crippen LogP contribution in [-0.2, 0) is 0 Å². The quantitative estimate of drug-likeness (QED) is 0.866. The van der Waals surface area contributed by atoms with E-state index in [1.807, 2.05) is 6.92 Å². The van der Waals surface area contributed by atoms with Gasteiger partial charge in [0, 0.05) is 17.1 Å². The van der Waals surface area contributed by atoms with Crippen LogP contribution in [-0.4, -0.2) is 29.5 Å². The molecule has 1 aromatic carbocycles. The summed E-state index contributed by atoms with van der Waals surface area (Å²) in [6.45, 7) is 2.71. The van der Waals surface area contributed by atoms with E-state index < -0.39 is 0 Å².